The van der Waals surface area contributed by atoms with E-state index in [9.17, 15) is 14.7 Å². The summed E-state index contributed by atoms with van der Waals surface area (Å²) in [6, 6.07) is 0. The molecular weight excluding hydrogens is 222 g/mol. The van der Waals surface area contributed by atoms with Gasteiger partial charge in [0.05, 0.1) is 0 Å². The molecule has 1 heterocycles. The molecule has 1 saturated heterocycles. The van der Waals surface area contributed by atoms with Crippen molar-refractivity contribution >= 4 is 11.9 Å². The highest BCUT2D eigenvalue weighted by molar-refractivity contribution is 5.88. The van der Waals surface area contributed by atoms with E-state index in [1.807, 2.05) is 0 Å². The summed E-state index contributed by atoms with van der Waals surface area (Å²) in [5.41, 5.74) is -1.00. The fourth-order valence-electron chi connectivity index (χ4n) is 3.05. The van der Waals surface area contributed by atoms with Gasteiger partial charge in [0, 0.05) is 25.5 Å². The number of aliphatic carboxylic acids is 1. The highest BCUT2D eigenvalue weighted by Crippen LogP contribution is 2.37. The van der Waals surface area contributed by atoms with Crippen LogP contribution in [0.1, 0.15) is 38.5 Å². The number of carboxylic acids is 1. The quantitative estimate of drug-likeness (QED) is 0.759. The van der Waals surface area contributed by atoms with Crippen molar-refractivity contribution < 1.29 is 19.8 Å². The lowest BCUT2D eigenvalue weighted by atomic mass is 9.80. The van der Waals surface area contributed by atoms with Gasteiger partial charge >= 0.3 is 5.97 Å². The molecule has 1 aliphatic heterocycles. The topological polar surface area (TPSA) is 77.8 Å². The van der Waals surface area contributed by atoms with Crippen molar-refractivity contribution in [3.8, 4) is 0 Å². The molecule has 1 unspecified atom stereocenters. The minimum atomic E-state index is -1.00. The van der Waals surface area contributed by atoms with E-state index < -0.39 is 11.5 Å². The van der Waals surface area contributed by atoms with Crippen LogP contribution >= 0.6 is 0 Å². The minimum absolute atomic E-state index is 0.0437. The predicted octanol–water partition coefficient (Wildman–Crippen LogP) is 0.615. The molecule has 1 aliphatic carbocycles. The van der Waals surface area contributed by atoms with Gasteiger partial charge in [-0.25, -0.2) is 4.79 Å². The number of rotatable bonds is 3. The lowest BCUT2D eigenvalue weighted by Gasteiger charge is -2.41. The second-order valence-electron chi connectivity index (χ2n) is 5.15. The summed E-state index contributed by atoms with van der Waals surface area (Å²) in [7, 11) is 0. The first-order valence-electron chi connectivity index (χ1n) is 6.25. The van der Waals surface area contributed by atoms with Crippen molar-refractivity contribution in [2.45, 2.75) is 44.1 Å². The number of carboxylic acid groups (broad SMARTS) is 1. The zero-order chi connectivity index (χ0) is 12.5. The Morgan fingerprint density at radius 1 is 1.35 bits per heavy atom. The fraction of sp³-hybridized carbons (Fsp3) is 0.833. The Morgan fingerprint density at radius 2 is 2.00 bits per heavy atom. The van der Waals surface area contributed by atoms with Crippen molar-refractivity contribution in [3.63, 3.8) is 0 Å². The van der Waals surface area contributed by atoms with Crippen LogP contribution in [0.4, 0.5) is 0 Å². The maximum Gasteiger partial charge on any atom is 0.329 e. The summed E-state index contributed by atoms with van der Waals surface area (Å²) in [4.78, 5) is 25.0. The van der Waals surface area contributed by atoms with E-state index in [0.717, 1.165) is 19.3 Å². The van der Waals surface area contributed by atoms with Gasteiger partial charge in [-0.05, 0) is 12.8 Å². The first-order valence-corrected chi connectivity index (χ1v) is 6.25. The molecule has 0 aromatic heterocycles. The lowest BCUT2D eigenvalue weighted by molar-refractivity contribution is -0.159. The Kier molecular flexibility index (Phi) is 3.38. The third-order valence-corrected chi connectivity index (χ3v) is 4.06. The summed E-state index contributed by atoms with van der Waals surface area (Å²) in [5, 5.41) is 18.6. The maximum absolute atomic E-state index is 11.9. The smallest absolute Gasteiger partial charge is 0.329 e. The summed E-state index contributed by atoms with van der Waals surface area (Å²) < 4.78 is 0. The van der Waals surface area contributed by atoms with Crippen LogP contribution in [0.3, 0.4) is 0 Å². The highest BCUT2D eigenvalue weighted by atomic mass is 16.4. The zero-order valence-electron chi connectivity index (χ0n) is 9.89. The molecule has 0 spiro atoms. The molecular formula is C12H19NO4. The molecule has 96 valence electrons. The third kappa shape index (κ3) is 2.04. The van der Waals surface area contributed by atoms with Crippen LogP contribution in [0.2, 0.25) is 0 Å². The van der Waals surface area contributed by atoms with Gasteiger partial charge in [0.15, 0.2) is 0 Å². The summed E-state index contributed by atoms with van der Waals surface area (Å²) in [6.45, 7) is 0.347. The molecule has 2 aliphatic rings. The van der Waals surface area contributed by atoms with E-state index in [2.05, 4.69) is 0 Å². The van der Waals surface area contributed by atoms with Crippen molar-refractivity contribution in [2.24, 2.45) is 5.92 Å². The molecule has 0 aromatic carbocycles. The molecule has 0 aromatic rings. The van der Waals surface area contributed by atoms with Crippen molar-refractivity contribution in [1.29, 1.82) is 0 Å². The van der Waals surface area contributed by atoms with E-state index in [4.69, 9.17) is 5.11 Å². The number of carbonyl (C=O) groups is 2. The first-order chi connectivity index (χ1) is 8.10. The molecule has 1 saturated carbocycles. The van der Waals surface area contributed by atoms with E-state index in [0.29, 0.717) is 19.4 Å². The monoisotopic (exact) mass is 241 g/mol. The van der Waals surface area contributed by atoms with Crippen LogP contribution in [-0.4, -0.2) is 45.7 Å². The number of carbonyl (C=O) groups excluding carboxylic acids is 1. The second kappa shape index (κ2) is 4.64. The molecule has 1 atom stereocenters. The van der Waals surface area contributed by atoms with Gasteiger partial charge in [0.2, 0.25) is 5.91 Å². The van der Waals surface area contributed by atoms with Crippen molar-refractivity contribution in [3.05, 3.63) is 0 Å². The van der Waals surface area contributed by atoms with Gasteiger partial charge in [-0.3, -0.25) is 4.79 Å². The van der Waals surface area contributed by atoms with E-state index >= 15 is 0 Å². The van der Waals surface area contributed by atoms with Crippen LogP contribution in [-0.2, 0) is 9.59 Å². The van der Waals surface area contributed by atoms with E-state index in [-0.39, 0.29) is 24.9 Å². The van der Waals surface area contributed by atoms with Crippen LogP contribution in [0.15, 0.2) is 0 Å². The molecule has 5 nitrogen and oxygen atoms in total. The number of aliphatic hydroxyl groups excluding tert-OH is 1. The van der Waals surface area contributed by atoms with Crippen LogP contribution in [0.5, 0.6) is 0 Å². The average Bonchev–Trinajstić information content (AvgIpc) is 2.71. The molecule has 0 radical (unpaired) electrons. The van der Waals surface area contributed by atoms with Gasteiger partial charge in [-0.15, -0.1) is 0 Å². The molecule has 5 heteroatoms. The van der Waals surface area contributed by atoms with E-state index in [1.54, 1.807) is 0 Å². The number of hydrogen-bond donors (Lipinski definition) is 2. The second-order valence-corrected chi connectivity index (χ2v) is 5.15. The van der Waals surface area contributed by atoms with Crippen LogP contribution < -0.4 is 0 Å². The first kappa shape index (κ1) is 12.4. The number of likely N-dealkylation sites (tertiary alicyclic amines) is 1. The van der Waals surface area contributed by atoms with Gasteiger partial charge in [0.25, 0.3) is 0 Å². The normalized spacial score (nSPS) is 28.4. The Morgan fingerprint density at radius 3 is 2.47 bits per heavy atom. The zero-order valence-corrected chi connectivity index (χ0v) is 9.89. The van der Waals surface area contributed by atoms with Gasteiger partial charge < -0.3 is 15.1 Å². The molecule has 2 rings (SSSR count). The number of hydrogen-bond acceptors (Lipinski definition) is 3. The van der Waals surface area contributed by atoms with Gasteiger partial charge in [-0.1, -0.05) is 19.3 Å². The Bertz CT molecular complexity index is 322. The highest BCUT2D eigenvalue weighted by Gasteiger charge is 2.50. The molecule has 2 fully saturated rings. The van der Waals surface area contributed by atoms with Gasteiger partial charge in [-0.2, -0.15) is 0 Å². The average molecular weight is 241 g/mol. The maximum atomic E-state index is 11.9. The number of amides is 1. The summed E-state index contributed by atoms with van der Waals surface area (Å²) in [6.07, 6.45) is 4.14. The predicted molar refractivity (Wildman–Crippen MR) is 60.4 cm³/mol. The Hall–Kier alpha value is -1.10. The van der Waals surface area contributed by atoms with Gasteiger partial charge in [0.1, 0.15) is 5.54 Å². The van der Waals surface area contributed by atoms with Crippen LogP contribution in [0.25, 0.3) is 0 Å². The molecule has 0 bridgehead atoms. The van der Waals surface area contributed by atoms with E-state index in [1.165, 1.54) is 4.90 Å². The molecule has 2 N–H and O–H groups in total. The standard InChI is InChI=1S/C12H19NO4/c14-8-9-6-10(15)13(7-9)12(11(16)17)4-2-1-3-5-12/h9,14H,1-8H2,(H,16,17). The van der Waals surface area contributed by atoms with Crippen molar-refractivity contribution in [2.75, 3.05) is 13.2 Å². The SMILES string of the molecule is O=C1CC(CO)CN1C1(C(=O)O)CCCCC1. The minimum Gasteiger partial charge on any atom is -0.479 e. The number of nitrogens with zero attached hydrogens (tertiary/aromatic N) is 1. The van der Waals surface area contributed by atoms with Crippen molar-refractivity contribution in [1.82, 2.24) is 4.90 Å². The van der Waals surface area contributed by atoms with Crippen LogP contribution in [0, 0.1) is 5.92 Å². The number of aliphatic hydroxyl groups is 1. The Labute approximate surface area is 100 Å². The summed E-state index contributed by atoms with van der Waals surface area (Å²) >= 11 is 0. The lowest BCUT2D eigenvalue weighted by Crippen LogP contribution is -2.56. The fourth-order valence-corrected chi connectivity index (χ4v) is 3.05. The molecule has 17 heavy (non-hydrogen) atoms. The third-order valence-electron chi connectivity index (χ3n) is 4.06. The molecule has 1 amide bonds. The Balaban J connectivity index is 2.22. The largest absolute Gasteiger partial charge is 0.479 e. The summed E-state index contributed by atoms with van der Waals surface area (Å²) in [5.74, 6) is -1.10.